The molecule has 7 heteroatoms. The van der Waals surface area contributed by atoms with Gasteiger partial charge in [-0.25, -0.2) is 4.68 Å². The van der Waals surface area contributed by atoms with E-state index in [2.05, 4.69) is 42.3 Å². The van der Waals surface area contributed by atoms with E-state index < -0.39 is 0 Å². The number of hydrogen-bond acceptors (Lipinski definition) is 5. The van der Waals surface area contributed by atoms with Gasteiger partial charge in [-0.3, -0.25) is 9.69 Å². The van der Waals surface area contributed by atoms with E-state index in [1.54, 1.807) is 0 Å². The highest BCUT2D eigenvalue weighted by molar-refractivity contribution is 5.79. The van der Waals surface area contributed by atoms with Crippen LogP contribution in [0.3, 0.4) is 0 Å². The zero-order valence-electron chi connectivity index (χ0n) is 15.0. The van der Waals surface area contributed by atoms with Crippen LogP contribution in [0.25, 0.3) is 0 Å². The highest BCUT2D eigenvalue weighted by Gasteiger charge is 2.31. The number of piperidine rings is 1. The van der Waals surface area contributed by atoms with Crippen LogP contribution >= 0.6 is 0 Å². The van der Waals surface area contributed by atoms with Gasteiger partial charge in [-0.15, -0.1) is 5.10 Å². The predicted molar refractivity (Wildman–Crippen MR) is 90.4 cm³/mol. The van der Waals surface area contributed by atoms with Crippen LogP contribution in [0.2, 0.25) is 0 Å². The van der Waals surface area contributed by atoms with Crippen LogP contribution in [0.4, 0.5) is 0 Å². The topological polar surface area (TPSA) is 63.5 Å². The molecule has 0 aromatic carbocycles. The minimum Gasteiger partial charge on any atom is -0.381 e. The van der Waals surface area contributed by atoms with Crippen LogP contribution in [0.15, 0.2) is 6.20 Å². The number of hydrogen-bond donors (Lipinski definition) is 0. The van der Waals surface area contributed by atoms with E-state index in [9.17, 15) is 4.79 Å². The standard InChI is InChI=1S/C17H29N5O2/c1-13(2)20(3)10-15-11-22(19-18-15)16-4-7-21(8-5-16)17(23)14-6-9-24-12-14/h11,13-14,16H,4-10,12H2,1-3H3/t14-/m0/s1. The van der Waals surface area contributed by atoms with Gasteiger partial charge in [-0.1, -0.05) is 5.21 Å². The lowest BCUT2D eigenvalue weighted by Crippen LogP contribution is -2.42. The Morgan fingerprint density at radius 1 is 1.38 bits per heavy atom. The van der Waals surface area contributed by atoms with Crippen molar-refractivity contribution < 1.29 is 9.53 Å². The third-order valence-electron chi connectivity index (χ3n) is 5.28. The fourth-order valence-electron chi connectivity index (χ4n) is 3.34. The first-order chi connectivity index (χ1) is 11.5. The lowest BCUT2D eigenvalue weighted by atomic mass is 10.0. The molecule has 7 nitrogen and oxygen atoms in total. The number of nitrogens with zero attached hydrogens (tertiary/aromatic N) is 5. The Balaban J connectivity index is 1.51. The number of ether oxygens (including phenoxy) is 1. The second-order valence-corrected chi connectivity index (χ2v) is 7.32. The van der Waals surface area contributed by atoms with Gasteiger partial charge in [0.05, 0.1) is 30.5 Å². The molecule has 134 valence electrons. The second kappa shape index (κ2) is 7.61. The van der Waals surface area contributed by atoms with Crippen LogP contribution in [-0.4, -0.2) is 70.1 Å². The monoisotopic (exact) mass is 335 g/mol. The maximum atomic E-state index is 12.4. The Bertz CT molecular complexity index is 545. The van der Waals surface area contributed by atoms with Crippen molar-refractivity contribution in [1.29, 1.82) is 0 Å². The summed E-state index contributed by atoms with van der Waals surface area (Å²) in [6, 6.07) is 0.837. The molecular weight excluding hydrogens is 306 g/mol. The first-order valence-corrected chi connectivity index (χ1v) is 9.02. The van der Waals surface area contributed by atoms with E-state index in [-0.39, 0.29) is 11.8 Å². The van der Waals surface area contributed by atoms with Gasteiger partial charge in [0.25, 0.3) is 0 Å². The summed E-state index contributed by atoms with van der Waals surface area (Å²) in [5.74, 6) is 0.342. The molecule has 0 bridgehead atoms. The molecule has 1 amide bonds. The van der Waals surface area contributed by atoms with Gasteiger partial charge >= 0.3 is 0 Å². The third kappa shape index (κ3) is 3.95. The molecular formula is C17H29N5O2. The highest BCUT2D eigenvalue weighted by atomic mass is 16.5. The Kier molecular flexibility index (Phi) is 5.50. The Labute approximate surface area is 143 Å². The van der Waals surface area contributed by atoms with Gasteiger partial charge in [-0.2, -0.15) is 0 Å². The lowest BCUT2D eigenvalue weighted by Gasteiger charge is -2.33. The molecule has 1 aromatic rings. The Morgan fingerprint density at radius 3 is 2.75 bits per heavy atom. The van der Waals surface area contributed by atoms with Crippen molar-refractivity contribution in [3.05, 3.63) is 11.9 Å². The summed E-state index contributed by atoms with van der Waals surface area (Å²) in [6.07, 6.45) is 4.82. The molecule has 2 aliphatic heterocycles. The number of amides is 1. The number of carbonyl (C=O) groups excluding carboxylic acids is 1. The number of rotatable bonds is 5. The maximum Gasteiger partial charge on any atom is 0.228 e. The summed E-state index contributed by atoms with van der Waals surface area (Å²) >= 11 is 0. The van der Waals surface area contributed by atoms with Gasteiger partial charge in [-0.05, 0) is 40.2 Å². The molecule has 0 aliphatic carbocycles. The summed E-state index contributed by atoms with van der Waals surface area (Å²) in [4.78, 5) is 16.7. The van der Waals surface area contributed by atoms with Crippen molar-refractivity contribution >= 4 is 5.91 Å². The normalized spacial score (nSPS) is 22.7. The van der Waals surface area contributed by atoms with Gasteiger partial charge in [0, 0.05) is 32.3 Å². The molecule has 2 aliphatic rings. The minimum atomic E-state index is 0.0751. The van der Waals surface area contributed by atoms with E-state index in [0.29, 0.717) is 18.7 Å². The lowest BCUT2D eigenvalue weighted by molar-refractivity contribution is -0.136. The van der Waals surface area contributed by atoms with Crippen LogP contribution < -0.4 is 0 Å². The van der Waals surface area contributed by atoms with Crippen LogP contribution in [0.5, 0.6) is 0 Å². The fourth-order valence-corrected chi connectivity index (χ4v) is 3.34. The summed E-state index contributed by atoms with van der Waals surface area (Å²) in [5, 5.41) is 8.62. The second-order valence-electron chi connectivity index (χ2n) is 7.32. The molecule has 3 rings (SSSR count). The molecule has 24 heavy (non-hydrogen) atoms. The average Bonchev–Trinajstić information content (AvgIpc) is 3.26. The van der Waals surface area contributed by atoms with Gasteiger partial charge in [0.15, 0.2) is 0 Å². The van der Waals surface area contributed by atoms with Crippen molar-refractivity contribution in [2.24, 2.45) is 5.92 Å². The third-order valence-corrected chi connectivity index (χ3v) is 5.28. The van der Waals surface area contributed by atoms with Crippen LogP contribution in [-0.2, 0) is 16.1 Å². The van der Waals surface area contributed by atoms with Crippen molar-refractivity contribution in [2.45, 2.75) is 51.7 Å². The molecule has 2 fully saturated rings. The fraction of sp³-hybridized carbons (Fsp3) is 0.824. The van der Waals surface area contributed by atoms with Gasteiger partial charge in [0.1, 0.15) is 0 Å². The SMILES string of the molecule is CC(C)N(C)Cc1cn(C2CCN(C(=O)[C@H]3CCOC3)CC2)nn1. The molecule has 1 aromatic heterocycles. The largest absolute Gasteiger partial charge is 0.381 e. The molecule has 0 spiro atoms. The van der Waals surface area contributed by atoms with E-state index in [1.807, 2.05) is 9.58 Å². The first kappa shape index (κ1) is 17.4. The molecule has 0 saturated carbocycles. The van der Waals surface area contributed by atoms with E-state index in [4.69, 9.17) is 4.74 Å². The highest BCUT2D eigenvalue weighted by Crippen LogP contribution is 2.24. The number of carbonyl (C=O) groups is 1. The number of aromatic nitrogens is 3. The zero-order valence-corrected chi connectivity index (χ0v) is 15.0. The summed E-state index contributed by atoms with van der Waals surface area (Å²) in [7, 11) is 2.10. The van der Waals surface area contributed by atoms with Crippen molar-refractivity contribution in [3.63, 3.8) is 0 Å². The van der Waals surface area contributed by atoms with Gasteiger partial charge < -0.3 is 9.64 Å². The van der Waals surface area contributed by atoms with Crippen molar-refractivity contribution in [2.75, 3.05) is 33.4 Å². The summed E-state index contributed by atoms with van der Waals surface area (Å²) in [5.41, 5.74) is 1.01. The summed E-state index contributed by atoms with van der Waals surface area (Å²) in [6.45, 7) is 8.09. The molecule has 3 heterocycles. The van der Waals surface area contributed by atoms with Crippen LogP contribution in [0.1, 0.15) is 44.8 Å². The van der Waals surface area contributed by atoms with E-state index in [1.165, 1.54) is 0 Å². The van der Waals surface area contributed by atoms with E-state index in [0.717, 1.165) is 51.2 Å². The zero-order chi connectivity index (χ0) is 17.1. The maximum absolute atomic E-state index is 12.4. The molecule has 0 unspecified atom stereocenters. The van der Waals surface area contributed by atoms with E-state index >= 15 is 0 Å². The Morgan fingerprint density at radius 2 is 2.12 bits per heavy atom. The van der Waals surface area contributed by atoms with Gasteiger partial charge in [0.2, 0.25) is 5.91 Å². The smallest absolute Gasteiger partial charge is 0.228 e. The predicted octanol–water partition coefficient (Wildman–Crippen LogP) is 1.32. The summed E-state index contributed by atoms with van der Waals surface area (Å²) < 4.78 is 7.33. The van der Waals surface area contributed by atoms with Crippen molar-refractivity contribution in [1.82, 2.24) is 24.8 Å². The molecule has 0 radical (unpaired) electrons. The molecule has 0 N–H and O–H groups in total. The quantitative estimate of drug-likeness (QED) is 0.812. The average molecular weight is 335 g/mol. The minimum absolute atomic E-state index is 0.0751. The molecule has 1 atom stereocenters. The molecule has 2 saturated heterocycles. The Hall–Kier alpha value is -1.47. The van der Waals surface area contributed by atoms with Crippen molar-refractivity contribution in [3.8, 4) is 0 Å². The van der Waals surface area contributed by atoms with Crippen LogP contribution in [0, 0.1) is 5.92 Å². The first-order valence-electron chi connectivity index (χ1n) is 9.02. The number of likely N-dealkylation sites (tertiary alicyclic amines) is 1.